The minimum atomic E-state index is -0.218. The van der Waals surface area contributed by atoms with Crippen LogP contribution < -0.4 is 28.4 Å². The van der Waals surface area contributed by atoms with E-state index < -0.39 is 0 Å². The fourth-order valence-corrected chi connectivity index (χ4v) is 3.88. The maximum atomic E-state index is 13.3. The number of methoxy groups -OCH3 is 4. The second-order valence-electron chi connectivity index (χ2n) is 8.74. The van der Waals surface area contributed by atoms with E-state index >= 15 is 0 Å². The number of carbonyl (C=O) groups is 1. The molecule has 40 heavy (non-hydrogen) atoms. The van der Waals surface area contributed by atoms with E-state index in [-0.39, 0.29) is 12.4 Å². The van der Waals surface area contributed by atoms with Gasteiger partial charge in [-0.3, -0.25) is 4.79 Å². The highest BCUT2D eigenvalue weighted by molar-refractivity contribution is 6.08. The maximum Gasteiger partial charge on any atom is 0.189 e. The van der Waals surface area contributed by atoms with Gasteiger partial charge in [0, 0.05) is 17.7 Å². The summed E-state index contributed by atoms with van der Waals surface area (Å²) in [6, 6.07) is 25.8. The van der Waals surface area contributed by atoms with Gasteiger partial charge in [-0.15, -0.1) is 0 Å². The van der Waals surface area contributed by atoms with Crippen molar-refractivity contribution in [1.82, 2.24) is 0 Å². The van der Waals surface area contributed by atoms with Crippen LogP contribution in [-0.2, 0) is 13.2 Å². The third kappa shape index (κ3) is 7.35. The van der Waals surface area contributed by atoms with Crippen LogP contribution in [0, 0.1) is 0 Å². The van der Waals surface area contributed by atoms with Crippen LogP contribution in [0.5, 0.6) is 34.5 Å². The van der Waals surface area contributed by atoms with E-state index in [1.807, 2.05) is 60.7 Å². The molecule has 206 valence electrons. The molecule has 0 aliphatic rings. The summed E-state index contributed by atoms with van der Waals surface area (Å²) in [5.41, 5.74) is 3.07. The molecule has 0 aliphatic heterocycles. The summed E-state index contributed by atoms with van der Waals surface area (Å²) in [6.07, 6.45) is 3.23. The lowest BCUT2D eigenvalue weighted by Gasteiger charge is -2.13. The van der Waals surface area contributed by atoms with Gasteiger partial charge in [-0.2, -0.15) is 0 Å². The van der Waals surface area contributed by atoms with Crippen LogP contribution in [0.2, 0.25) is 0 Å². The summed E-state index contributed by atoms with van der Waals surface area (Å²) in [5, 5.41) is 0. The maximum absolute atomic E-state index is 13.3. The lowest BCUT2D eigenvalue weighted by atomic mass is 10.1. The van der Waals surface area contributed by atoms with E-state index in [0.29, 0.717) is 35.2 Å². The molecular formula is C33H32O7. The van der Waals surface area contributed by atoms with Gasteiger partial charge >= 0.3 is 0 Å². The highest BCUT2D eigenvalue weighted by Gasteiger charge is 2.13. The Balaban J connectivity index is 1.52. The standard InChI is InChI=1S/C33H32O7/c1-35-26-11-5-23(6-12-26)21-39-32-19-28(37-3)15-9-25(32)10-18-31(34)30-17-16-29(38-4)20-33(30)40-22-24-7-13-27(36-2)14-8-24/h5-20H,21-22H2,1-4H3. The summed E-state index contributed by atoms with van der Waals surface area (Å²) in [7, 11) is 6.42. The smallest absolute Gasteiger partial charge is 0.189 e. The molecule has 0 heterocycles. The van der Waals surface area contributed by atoms with E-state index in [4.69, 9.17) is 28.4 Å². The molecule has 0 N–H and O–H groups in total. The predicted octanol–water partition coefficient (Wildman–Crippen LogP) is 6.78. The Morgan fingerprint density at radius 2 is 1.02 bits per heavy atom. The molecular weight excluding hydrogens is 508 g/mol. The highest BCUT2D eigenvalue weighted by Crippen LogP contribution is 2.29. The number of hydrogen-bond donors (Lipinski definition) is 0. The monoisotopic (exact) mass is 540 g/mol. The first-order valence-corrected chi connectivity index (χ1v) is 12.6. The molecule has 7 heteroatoms. The van der Waals surface area contributed by atoms with E-state index in [2.05, 4.69) is 0 Å². The van der Waals surface area contributed by atoms with Crippen molar-refractivity contribution in [3.63, 3.8) is 0 Å². The third-order valence-corrected chi connectivity index (χ3v) is 6.20. The molecule has 7 nitrogen and oxygen atoms in total. The number of allylic oxidation sites excluding steroid dienone is 1. The fourth-order valence-electron chi connectivity index (χ4n) is 3.88. The number of ketones is 1. The minimum absolute atomic E-state index is 0.218. The molecule has 0 fully saturated rings. The SMILES string of the molecule is COc1ccc(COc2cc(OC)ccc2C=CC(=O)c2ccc(OC)cc2OCc2ccc(OC)cc2)cc1. The Labute approximate surface area is 234 Å². The fraction of sp³-hybridized carbons (Fsp3) is 0.182. The Morgan fingerprint density at radius 1 is 0.575 bits per heavy atom. The van der Waals surface area contributed by atoms with Crippen molar-refractivity contribution in [3.05, 3.63) is 113 Å². The van der Waals surface area contributed by atoms with Crippen LogP contribution >= 0.6 is 0 Å². The zero-order valence-electron chi connectivity index (χ0n) is 23.0. The molecule has 0 unspecified atom stereocenters. The lowest BCUT2D eigenvalue weighted by molar-refractivity contribution is 0.104. The molecule has 0 bridgehead atoms. The van der Waals surface area contributed by atoms with Crippen molar-refractivity contribution in [2.45, 2.75) is 13.2 Å². The molecule has 4 aromatic carbocycles. The summed E-state index contributed by atoms with van der Waals surface area (Å²) in [5.74, 6) is 3.58. The van der Waals surface area contributed by atoms with Crippen LogP contribution in [-0.4, -0.2) is 34.2 Å². The summed E-state index contributed by atoms with van der Waals surface area (Å²) >= 11 is 0. The molecule has 0 saturated heterocycles. The minimum Gasteiger partial charge on any atom is -0.497 e. The van der Waals surface area contributed by atoms with Crippen molar-refractivity contribution < 1.29 is 33.2 Å². The molecule has 0 amide bonds. The number of benzene rings is 4. The third-order valence-electron chi connectivity index (χ3n) is 6.20. The lowest BCUT2D eigenvalue weighted by Crippen LogP contribution is -2.03. The van der Waals surface area contributed by atoms with Gasteiger partial charge in [0.2, 0.25) is 0 Å². The molecule has 0 saturated carbocycles. The van der Waals surface area contributed by atoms with E-state index in [1.165, 1.54) is 6.08 Å². The second-order valence-corrected chi connectivity index (χ2v) is 8.74. The van der Waals surface area contributed by atoms with Gasteiger partial charge in [0.1, 0.15) is 47.7 Å². The Hall–Kier alpha value is -4.91. The summed E-state index contributed by atoms with van der Waals surface area (Å²) in [6.45, 7) is 0.622. The summed E-state index contributed by atoms with van der Waals surface area (Å²) in [4.78, 5) is 13.3. The van der Waals surface area contributed by atoms with Crippen molar-refractivity contribution in [3.8, 4) is 34.5 Å². The number of carbonyl (C=O) groups excluding carboxylic acids is 1. The average molecular weight is 541 g/mol. The largest absolute Gasteiger partial charge is 0.497 e. The van der Waals surface area contributed by atoms with Gasteiger partial charge in [-0.1, -0.05) is 24.3 Å². The summed E-state index contributed by atoms with van der Waals surface area (Å²) < 4.78 is 33.3. The van der Waals surface area contributed by atoms with Crippen LogP contribution in [0.15, 0.2) is 91.0 Å². The number of hydrogen-bond acceptors (Lipinski definition) is 7. The topological polar surface area (TPSA) is 72.5 Å². The van der Waals surface area contributed by atoms with E-state index in [9.17, 15) is 4.79 Å². The van der Waals surface area contributed by atoms with E-state index in [1.54, 1.807) is 58.8 Å². The zero-order chi connectivity index (χ0) is 28.3. The molecule has 0 spiro atoms. The van der Waals surface area contributed by atoms with Crippen LogP contribution in [0.25, 0.3) is 6.08 Å². The van der Waals surface area contributed by atoms with Crippen molar-refractivity contribution in [1.29, 1.82) is 0 Å². The van der Waals surface area contributed by atoms with Gasteiger partial charge in [0.25, 0.3) is 0 Å². The first-order valence-electron chi connectivity index (χ1n) is 12.6. The predicted molar refractivity (Wildman–Crippen MR) is 154 cm³/mol. The molecule has 0 aliphatic carbocycles. The first-order chi connectivity index (χ1) is 19.5. The molecule has 4 aromatic rings. The van der Waals surface area contributed by atoms with Gasteiger partial charge < -0.3 is 28.4 Å². The van der Waals surface area contributed by atoms with Crippen LogP contribution in [0.4, 0.5) is 0 Å². The second kappa shape index (κ2) is 13.8. The highest BCUT2D eigenvalue weighted by atomic mass is 16.5. The number of rotatable bonds is 13. The normalized spacial score (nSPS) is 10.7. The van der Waals surface area contributed by atoms with Gasteiger partial charge in [-0.25, -0.2) is 0 Å². The van der Waals surface area contributed by atoms with Crippen LogP contribution in [0.1, 0.15) is 27.0 Å². The Kier molecular flexibility index (Phi) is 9.67. The van der Waals surface area contributed by atoms with Gasteiger partial charge in [0.15, 0.2) is 5.78 Å². The van der Waals surface area contributed by atoms with Crippen molar-refractivity contribution >= 4 is 11.9 Å². The molecule has 0 radical (unpaired) electrons. The van der Waals surface area contributed by atoms with Crippen LogP contribution in [0.3, 0.4) is 0 Å². The average Bonchev–Trinajstić information content (AvgIpc) is 3.02. The van der Waals surface area contributed by atoms with Gasteiger partial charge in [-0.05, 0) is 71.8 Å². The van der Waals surface area contributed by atoms with Gasteiger partial charge in [0.05, 0.1) is 34.0 Å². The van der Waals surface area contributed by atoms with Crippen molar-refractivity contribution in [2.75, 3.05) is 28.4 Å². The Bertz CT molecular complexity index is 1440. The Morgan fingerprint density at radius 3 is 1.55 bits per heavy atom. The zero-order valence-corrected chi connectivity index (χ0v) is 23.0. The molecule has 0 atom stereocenters. The number of ether oxygens (including phenoxy) is 6. The molecule has 4 rings (SSSR count). The molecule has 0 aromatic heterocycles. The van der Waals surface area contributed by atoms with Crippen molar-refractivity contribution in [2.24, 2.45) is 0 Å². The quantitative estimate of drug-likeness (QED) is 0.137. The van der Waals surface area contributed by atoms with E-state index in [0.717, 1.165) is 28.2 Å². The first kappa shape index (κ1) is 28.1.